The Kier molecular flexibility index (Phi) is 2.72. The summed E-state index contributed by atoms with van der Waals surface area (Å²) in [6, 6.07) is 0. The van der Waals surface area contributed by atoms with Crippen molar-refractivity contribution < 1.29 is 5.11 Å². The summed E-state index contributed by atoms with van der Waals surface area (Å²) in [5, 5.41) is 9.43. The van der Waals surface area contributed by atoms with E-state index in [9.17, 15) is 5.11 Å². The Labute approximate surface area is 63.4 Å². The van der Waals surface area contributed by atoms with Gasteiger partial charge in [0.15, 0.2) is 0 Å². The molecule has 0 amide bonds. The van der Waals surface area contributed by atoms with Crippen molar-refractivity contribution >= 4 is 0 Å². The molecule has 0 heterocycles. The molecule has 10 heavy (non-hydrogen) atoms. The van der Waals surface area contributed by atoms with E-state index in [2.05, 4.69) is 6.92 Å². The highest BCUT2D eigenvalue weighted by molar-refractivity contribution is 4.92. The minimum atomic E-state index is -0.201. The molecule has 1 saturated carbocycles. The molecule has 1 nitrogen and oxygen atoms in total. The highest BCUT2D eigenvalue weighted by atomic mass is 16.3. The maximum atomic E-state index is 9.43. The lowest BCUT2D eigenvalue weighted by Gasteiger charge is -2.05. The van der Waals surface area contributed by atoms with E-state index >= 15 is 0 Å². The minimum Gasteiger partial charge on any atom is -0.390 e. The molecule has 0 radical (unpaired) electrons. The third kappa shape index (κ3) is 2.70. The SMILES string of the molecule is CCCCCCC1(O)CC1. The second-order valence-corrected chi connectivity index (χ2v) is 3.54. The van der Waals surface area contributed by atoms with E-state index < -0.39 is 0 Å². The summed E-state index contributed by atoms with van der Waals surface area (Å²) in [7, 11) is 0. The van der Waals surface area contributed by atoms with Gasteiger partial charge in [0.1, 0.15) is 0 Å². The van der Waals surface area contributed by atoms with Crippen LogP contribution in [0.25, 0.3) is 0 Å². The summed E-state index contributed by atoms with van der Waals surface area (Å²) in [6.45, 7) is 2.21. The Morgan fingerprint density at radius 2 is 1.90 bits per heavy atom. The predicted molar refractivity (Wildman–Crippen MR) is 42.9 cm³/mol. The van der Waals surface area contributed by atoms with Gasteiger partial charge in [-0.3, -0.25) is 0 Å². The van der Waals surface area contributed by atoms with Crippen LogP contribution in [-0.4, -0.2) is 10.7 Å². The van der Waals surface area contributed by atoms with Crippen LogP contribution < -0.4 is 0 Å². The fourth-order valence-corrected chi connectivity index (χ4v) is 1.28. The van der Waals surface area contributed by atoms with Crippen LogP contribution in [-0.2, 0) is 0 Å². The lowest BCUT2D eigenvalue weighted by molar-refractivity contribution is 0.136. The second kappa shape index (κ2) is 3.38. The van der Waals surface area contributed by atoms with E-state index in [4.69, 9.17) is 0 Å². The molecule has 1 N–H and O–H groups in total. The number of aliphatic hydroxyl groups is 1. The lowest BCUT2D eigenvalue weighted by atomic mass is 10.1. The van der Waals surface area contributed by atoms with Gasteiger partial charge in [-0.1, -0.05) is 32.6 Å². The van der Waals surface area contributed by atoms with Gasteiger partial charge < -0.3 is 5.11 Å². The number of hydrogen-bond acceptors (Lipinski definition) is 1. The van der Waals surface area contributed by atoms with E-state index in [1.807, 2.05) is 0 Å². The van der Waals surface area contributed by atoms with E-state index in [0.717, 1.165) is 19.3 Å². The first kappa shape index (κ1) is 8.06. The summed E-state index contributed by atoms with van der Waals surface area (Å²) < 4.78 is 0. The quantitative estimate of drug-likeness (QED) is 0.585. The fourth-order valence-electron chi connectivity index (χ4n) is 1.28. The van der Waals surface area contributed by atoms with Crippen LogP contribution in [0.1, 0.15) is 51.9 Å². The van der Waals surface area contributed by atoms with Crippen LogP contribution in [0.15, 0.2) is 0 Å². The van der Waals surface area contributed by atoms with Gasteiger partial charge in [0.2, 0.25) is 0 Å². The minimum absolute atomic E-state index is 0.201. The molecular weight excluding hydrogens is 124 g/mol. The van der Waals surface area contributed by atoms with Crippen molar-refractivity contribution in [3.05, 3.63) is 0 Å². The average Bonchev–Trinajstić information content (AvgIpc) is 2.62. The molecule has 1 aliphatic rings. The van der Waals surface area contributed by atoms with Crippen LogP contribution in [0.2, 0.25) is 0 Å². The first-order valence-corrected chi connectivity index (χ1v) is 4.49. The second-order valence-electron chi connectivity index (χ2n) is 3.54. The molecule has 1 aliphatic carbocycles. The number of unbranched alkanes of at least 4 members (excludes halogenated alkanes) is 3. The van der Waals surface area contributed by atoms with Gasteiger partial charge in [0.25, 0.3) is 0 Å². The summed E-state index contributed by atoms with van der Waals surface area (Å²) in [6.07, 6.45) is 8.31. The summed E-state index contributed by atoms with van der Waals surface area (Å²) >= 11 is 0. The standard InChI is InChI=1S/C9H18O/c1-2-3-4-5-6-9(10)7-8-9/h10H,2-8H2,1H3. The third-order valence-corrected chi connectivity index (χ3v) is 2.32. The molecule has 1 heteroatoms. The molecule has 0 aromatic heterocycles. The fraction of sp³-hybridized carbons (Fsp3) is 1.00. The largest absolute Gasteiger partial charge is 0.390 e. The van der Waals surface area contributed by atoms with Gasteiger partial charge >= 0.3 is 0 Å². The molecule has 1 rings (SSSR count). The van der Waals surface area contributed by atoms with E-state index in [-0.39, 0.29) is 5.60 Å². The molecule has 0 aromatic carbocycles. The zero-order valence-corrected chi connectivity index (χ0v) is 6.90. The van der Waals surface area contributed by atoms with Crippen LogP contribution in [0.4, 0.5) is 0 Å². The Bertz CT molecular complexity index is 94.9. The van der Waals surface area contributed by atoms with Crippen molar-refractivity contribution in [1.29, 1.82) is 0 Å². The first-order valence-electron chi connectivity index (χ1n) is 4.49. The van der Waals surface area contributed by atoms with Crippen LogP contribution in [0.3, 0.4) is 0 Å². The lowest BCUT2D eigenvalue weighted by Crippen LogP contribution is -2.05. The Morgan fingerprint density at radius 3 is 2.40 bits per heavy atom. The molecule has 0 aromatic rings. The Hall–Kier alpha value is -0.0400. The highest BCUT2D eigenvalue weighted by Gasteiger charge is 2.38. The van der Waals surface area contributed by atoms with E-state index in [1.54, 1.807) is 0 Å². The van der Waals surface area contributed by atoms with Gasteiger partial charge in [0, 0.05) is 0 Å². The van der Waals surface area contributed by atoms with Crippen molar-refractivity contribution in [3.8, 4) is 0 Å². The van der Waals surface area contributed by atoms with E-state index in [1.165, 1.54) is 25.7 Å². The molecule has 0 unspecified atom stereocenters. The summed E-state index contributed by atoms with van der Waals surface area (Å²) in [4.78, 5) is 0. The molecule has 0 atom stereocenters. The zero-order chi connectivity index (χ0) is 7.45. The van der Waals surface area contributed by atoms with Gasteiger partial charge in [-0.15, -0.1) is 0 Å². The Balaban J connectivity index is 1.86. The summed E-state index contributed by atoms with van der Waals surface area (Å²) in [5.41, 5.74) is -0.201. The molecular formula is C9H18O. The monoisotopic (exact) mass is 142 g/mol. The average molecular weight is 142 g/mol. The van der Waals surface area contributed by atoms with Gasteiger partial charge in [-0.05, 0) is 19.3 Å². The van der Waals surface area contributed by atoms with E-state index in [0.29, 0.717) is 0 Å². The summed E-state index contributed by atoms with van der Waals surface area (Å²) in [5.74, 6) is 0. The third-order valence-electron chi connectivity index (χ3n) is 2.32. The van der Waals surface area contributed by atoms with Gasteiger partial charge in [-0.2, -0.15) is 0 Å². The molecule has 1 fully saturated rings. The maximum Gasteiger partial charge on any atom is 0.0650 e. The van der Waals surface area contributed by atoms with Crippen molar-refractivity contribution in [2.75, 3.05) is 0 Å². The molecule has 0 saturated heterocycles. The van der Waals surface area contributed by atoms with Gasteiger partial charge in [-0.25, -0.2) is 0 Å². The predicted octanol–water partition coefficient (Wildman–Crippen LogP) is 2.48. The van der Waals surface area contributed by atoms with Crippen molar-refractivity contribution in [2.24, 2.45) is 0 Å². The van der Waals surface area contributed by atoms with Crippen molar-refractivity contribution in [2.45, 2.75) is 57.5 Å². The Morgan fingerprint density at radius 1 is 1.20 bits per heavy atom. The highest BCUT2D eigenvalue weighted by Crippen LogP contribution is 2.39. The van der Waals surface area contributed by atoms with Crippen LogP contribution in [0.5, 0.6) is 0 Å². The zero-order valence-electron chi connectivity index (χ0n) is 6.90. The van der Waals surface area contributed by atoms with Gasteiger partial charge in [0.05, 0.1) is 5.60 Å². The van der Waals surface area contributed by atoms with Crippen LogP contribution >= 0.6 is 0 Å². The molecule has 60 valence electrons. The number of hydrogen-bond donors (Lipinski definition) is 1. The van der Waals surface area contributed by atoms with Crippen molar-refractivity contribution in [3.63, 3.8) is 0 Å². The first-order chi connectivity index (χ1) is 4.77. The molecule has 0 spiro atoms. The molecule has 0 aliphatic heterocycles. The normalized spacial score (nSPS) is 21.0. The smallest absolute Gasteiger partial charge is 0.0650 e. The molecule has 0 bridgehead atoms. The number of rotatable bonds is 5. The van der Waals surface area contributed by atoms with Crippen LogP contribution in [0, 0.1) is 0 Å². The van der Waals surface area contributed by atoms with Crippen molar-refractivity contribution in [1.82, 2.24) is 0 Å². The topological polar surface area (TPSA) is 20.2 Å². The maximum absolute atomic E-state index is 9.43.